The first kappa shape index (κ1) is 28.7. The molecule has 2 aromatic heterocycles. The molecule has 1 aliphatic heterocycles. The molecule has 0 bridgehead atoms. The van der Waals surface area contributed by atoms with E-state index in [0.29, 0.717) is 41.9 Å². The molecule has 0 saturated carbocycles. The van der Waals surface area contributed by atoms with E-state index in [1.54, 1.807) is 47.4 Å². The Labute approximate surface area is 243 Å². The highest BCUT2D eigenvalue weighted by molar-refractivity contribution is 7.89. The minimum absolute atomic E-state index is 0.0725. The molecule has 1 N–H and O–H groups in total. The van der Waals surface area contributed by atoms with Crippen molar-refractivity contribution in [3.8, 4) is 11.6 Å². The standard InChI is InChI=1S/C28H31ClN6O5S/c1-4-40-26-21-12-13-35(41(37,38)18-19-8-6-5-7-9-19)25(21)31-28(32-26)30-22-11-10-20(23(29)24(22)39-3)27(36)34-16-14-33(2)15-17-34/h5-13H,4,14-18H2,1-3H3,(H,30,31,32). The summed E-state index contributed by atoms with van der Waals surface area (Å²) in [6.45, 7) is 4.90. The van der Waals surface area contributed by atoms with Gasteiger partial charge in [-0.15, -0.1) is 0 Å². The molecule has 13 heteroatoms. The van der Waals surface area contributed by atoms with Crippen LogP contribution in [0.25, 0.3) is 11.0 Å². The molecule has 4 aromatic rings. The Bertz CT molecular complexity index is 1670. The first-order valence-corrected chi connectivity index (χ1v) is 15.1. The van der Waals surface area contributed by atoms with E-state index in [2.05, 4.69) is 20.2 Å². The number of carbonyl (C=O) groups excluding carboxylic acids is 1. The van der Waals surface area contributed by atoms with Gasteiger partial charge in [-0.3, -0.25) is 4.79 Å². The fourth-order valence-corrected chi connectivity index (χ4v) is 6.39. The van der Waals surface area contributed by atoms with E-state index < -0.39 is 10.0 Å². The molecule has 1 aliphatic rings. The van der Waals surface area contributed by atoms with Crippen LogP contribution in [0.4, 0.5) is 11.6 Å². The molecule has 0 radical (unpaired) electrons. The summed E-state index contributed by atoms with van der Waals surface area (Å²) in [5.74, 6) is 0.149. The molecule has 1 amide bonds. The van der Waals surface area contributed by atoms with Gasteiger partial charge in [-0.1, -0.05) is 41.9 Å². The van der Waals surface area contributed by atoms with Gasteiger partial charge in [-0.2, -0.15) is 9.97 Å². The fraction of sp³-hybridized carbons (Fsp3) is 0.321. The van der Waals surface area contributed by atoms with E-state index in [-0.39, 0.29) is 39.9 Å². The smallest absolute Gasteiger partial charge is 0.255 e. The number of rotatable bonds is 9. The van der Waals surface area contributed by atoms with Crippen molar-refractivity contribution in [1.29, 1.82) is 0 Å². The van der Waals surface area contributed by atoms with Gasteiger partial charge in [-0.25, -0.2) is 12.4 Å². The summed E-state index contributed by atoms with van der Waals surface area (Å²) in [5.41, 5.74) is 1.54. The Morgan fingerprint density at radius 3 is 2.46 bits per heavy atom. The largest absolute Gasteiger partial charge is 0.493 e. The molecule has 2 aromatic carbocycles. The van der Waals surface area contributed by atoms with Gasteiger partial charge in [0.15, 0.2) is 11.4 Å². The lowest BCUT2D eigenvalue weighted by Crippen LogP contribution is -2.47. The van der Waals surface area contributed by atoms with E-state index in [4.69, 9.17) is 21.1 Å². The van der Waals surface area contributed by atoms with Crippen molar-refractivity contribution in [3.63, 3.8) is 0 Å². The maximum atomic E-state index is 13.4. The average Bonchev–Trinajstić information content (AvgIpc) is 3.39. The quantitative estimate of drug-likeness (QED) is 0.305. The predicted molar refractivity (Wildman–Crippen MR) is 158 cm³/mol. The van der Waals surface area contributed by atoms with Gasteiger partial charge in [0.25, 0.3) is 5.91 Å². The molecular weight excluding hydrogens is 568 g/mol. The van der Waals surface area contributed by atoms with E-state index in [1.807, 2.05) is 20.0 Å². The third-order valence-corrected chi connectivity index (χ3v) is 8.78. The number of fused-ring (bicyclic) bond motifs is 1. The van der Waals surface area contributed by atoms with Gasteiger partial charge < -0.3 is 24.6 Å². The molecule has 1 fully saturated rings. The van der Waals surface area contributed by atoms with Crippen molar-refractivity contribution in [1.82, 2.24) is 23.7 Å². The Morgan fingerprint density at radius 2 is 1.78 bits per heavy atom. The molecule has 0 unspecified atom stereocenters. The molecule has 11 nitrogen and oxygen atoms in total. The summed E-state index contributed by atoms with van der Waals surface area (Å²) in [7, 11) is -0.345. The number of amides is 1. The van der Waals surface area contributed by atoms with Crippen LogP contribution in [0.5, 0.6) is 11.6 Å². The molecular formula is C28H31ClN6O5S. The van der Waals surface area contributed by atoms with Gasteiger partial charge in [-0.05, 0) is 37.7 Å². The number of likely N-dealkylation sites (N-methyl/N-ethyl adjacent to an activating group) is 1. The van der Waals surface area contributed by atoms with Crippen LogP contribution in [0.1, 0.15) is 22.8 Å². The van der Waals surface area contributed by atoms with Crippen LogP contribution in [0.3, 0.4) is 0 Å². The predicted octanol–water partition coefficient (Wildman–Crippen LogP) is 4.00. The summed E-state index contributed by atoms with van der Waals surface area (Å²) in [6.07, 6.45) is 1.44. The summed E-state index contributed by atoms with van der Waals surface area (Å²) < 4.78 is 39.2. The van der Waals surface area contributed by atoms with Crippen LogP contribution in [-0.4, -0.2) is 85.0 Å². The third-order valence-electron chi connectivity index (χ3n) is 6.82. The number of carbonyl (C=O) groups is 1. The van der Waals surface area contributed by atoms with E-state index in [0.717, 1.165) is 17.1 Å². The Hall–Kier alpha value is -3.87. The zero-order valence-electron chi connectivity index (χ0n) is 23.0. The lowest BCUT2D eigenvalue weighted by atomic mass is 10.1. The highest BCUT2D eigenvalue weighted by atomic mass is 35.5. The maximum absolute atomic E-state index is 13.4. The molecule has 0 aliphatic carbocycles. The van der Waals surface area contributed by atoms with Crippen LogP contribution in [0.2, 0.25) is 5.02 Å². The number of methoxy groups -OCH3 is 1. The number of hydrogen-bond donors (Lipinski definition) is 1. The highest BCUT2D eigenvalue weighted by Crippen LogP contribution is 2.38. The van der Waals surface area contributed by atoms with Crippen LogP contribution in [0, 0.1) is 0 Å². The summed E-state index contributed by atoms with van der Waals surface area (Å²) in [6, 6.07) is 13.8. The second-order valence-corrected chi connectivity index (χ2v) is 11.8. The number of piperazine rings is 1. The first-order valence-electron chi connectivity index (χ1n) is 13.1. The number of benzene rings is 2. The monoisotopic (exact) mass is 598 g/mol. The van der Waals surface area contributed by atoms with E-state index in [9.17, 15) is 13.2 Å². The molecule has 0 spiro atoms. The second kappa shape index (κ2) is 11.9. The average molecular weight is 599 g/mol. The van der Waals surface area contributed by atoms with Crippen molar-refractivity contribution >= 4 is 50.2 Å². The molecule has 1 saturated heterocycles. The lowest BCUT2D eigenvalue weighted by molar-refractivity contribution is 0.0664. The van der Waals surface area contributed by atoms with Gasteiger partial charge in [0.05, 0.1) is 41.1 Å². The number of nitrogens with zero attached hydrogens (tertiary/aromatic N) is 5. The normalized spacial score (nSPS) is 14.3. The number of aromatic nitrogens is 3. The highest BCUT2D eigenvalue weighted by Gasteiger charge is 2.26. The van der Waals surface area contributed by atoms with Crippen LogP contribution < -0.4 is 14.8 Å². The maximum Gasteiger partial charge on any atom is 0.255 e. The van der Waals surface area contributed by atoms with Gasteiger partial charge >= 0.3 is 0 Å². The van der Waals surface area contributed by atoms with Crippen molar-refractivity contribution in [2.24, 2.45) is 0 Å². The zero-order valence-corrected chi connectivity index (χ0v) is 24.6. The number of ether oxygens (including phenoxy) is 2. The topological polar surface area (TPSA) is 119 Å². The van der Waals surface area contributed by atoms with Crippen LogP contribution >= 0.6 is 11.6 Å². The molecule has 5 rings (SSSR count). The van der Waals surface area contributed by atoms with Crippen molar-refractivity contribution in [2.75, 3.05) is 52.3 Å². The summed E-state index contributed by atoms with van der Waals surface area (Å²) in [4.78, 5) is 26.1. The molecule has 216 valence electrons. The molecule has 3 heterocycles. The van der Waals surface area contributed by atoms with E-state index in [1.165, 1.54) is 13.3 Å². The minimum Gasteiger partial charge on any atom is -0.493 e. The van der Waals surface area contributed by atoms with Crippen molar-refractivity contribution < 1.29 is 22.7 Å². The van der Waals surface area contributed by atoms with Crippen molar-refractivity contribution in [3.05, 3.63) is 70.9 Å². The minimum atomic E-state index is -3.81. The number of halogens is 1. The molecule has 0 atom stereocenters. The Morgan fingerprint density at radius 1 is 1.05 bits per heavy atom. The van der Waals surface area contributed by atoms with E-state index >= 15 is 0 Å². The SMILES string of the molecule is CCOc1nc(Nc2ccc(C(=O)N3CCN(C)CC3)c(Cl)c2OC)nc2c1ccn2S(=O)(=O)Cc1ccccc1. The summed E-state index contributed by atoms with van der Waals surface area (Å²) in [5, 5.41) is 3.68. The number of hydrogen-bond acceptors (Lipinski definition) is 9. The van der Waals surface area contributed by atoms with Gasteiger partial charge in [0.2, 0.25) is 21.9 Å². The lowest BCUT2D eigenvalue weighted by Gasteiger charge is -2.32. The van der Waals surface area contributed by atoms with Crippen molar-refractivity contribution in [2.45, 2.75) is 12.7 Å². The molecule has 41 heavy (non-hydrogen) atoms. The van der Waals surface area contributed by atoms with Crippen LogP contribution in [0.15, 0.2) is 54.7 Å². The van der Waals surface area contributed by atoms with Gasteiger partial charge in [0, 0.05) is 32.4 Å². The zero-order chi connectivity index (χ0) is 29.1. The Kier molecular flexibility index (Phi) is 8.34. The second-order valence-electron chi connectivity index (χ2n) is 9.60. The third kappa shape index (κ3) is 5.95. The fourth-order valence-electron chi connectivity index (χ4n) is 4.67. The first-order chi connectivity index (χ1) is 19.7. The Balaban J connectivity index is 1.50. The van der Waals surface area contributed by atoms with Gasteiger partial charge in [0.1, 0.15) is 0 Å². The van der Waals surface area contributed by atoms with Crippen LogP contribution in [-0.2, 0) is 15.8 Å². The number of nitrogens with one attached hydrogen (secondary N) is 1. The number of anilines is 2. The summed E-state index contributed by atoms with van der Waals surface area (Å²) >= 11 is 6.67.